The first-order valence-corrected chi connectivity index (χ1v) is 7.72. The summed E-state index contributed by atoms with van der Waals surface area (Å²) < 4.78 is 10.4. The normalized spacial score (nSPS) is 20.4. The molecule has 0 saturated heterocycles. The minimum Gasteiger partial charge on any atom is -0.465 e. The van der Waals surface area contributed by atoms with Gasteiger partial charge in [-0.15, -0.1) is 0 Å². The van der Waals surface area contributed by atoms with Gasteiger partial charge in [0.1, 0.15) is 0 Å². The van der Waals surface area contributed by atoms with Crippen LogP contribution in [0.2, 0.25) is 5.02 Å². The van der Waals surface area contributed by atoms with E-state index in [1.54, 1.807) is 18.2 Å². The lowest BCUT2D eigenvalue weighted by Crippen LogP contribution is -2.14. The SMILES string of the molecule is CC(C)COC(=O)[C@H]1C[C@@H]1C(=O)c1cc(Cl)c2occc2c1. The largest absolute Gasteiger partial charge is 0.465 e. The molecule has 0 bridgehead atoms. The highest BCUT2D eigenvalue weighted by molar-refractivity contribution is 6.35. The first kappa shape index (κ1) is 15.1. The van der Waals surface area contributed by atoms with E-state index in [0.717, 1.165) is 5.39 Å². The Morgan fingerprint density at radius 1 is 1.36 bits per heavy atom. The number of Topliss-reactive ketones (excluding diaryl/α,β-unsaturated/α-hetero) is 1. The van der Waals surface area contributed by atoms with Crippen LogP contribution >= 0.6 is 11.6 Å². The van der Waals surface area contributed by atoms with Crippen molar-refractivity contribution in [2.24, 2.45) is 17.8 Å². The van der Waals surface area contributed by atoms with E-state index in [1.165, 1.54) is 6.26 Å². The first-order chi connectivity index (χ1) is 10.5. The van der Waals surface area contributed by atoms with Crippen LogP contribution in [0.1, 0.15) is 30.6 Å². The second-order valence-electron chi connectivity index (χ2n) is 6.13. The van der Waals surface area contributed by atoms with Gasteiger partial charge in [-0.1, -0.05) is 25.4 Å². The fraction of sp³-hybridized carbons (Fsp3) is 0.412. The van der Waals surface area contributed by atoms with Crippen LogP contribution in [0, 0.1) is 17.8 Å². The number of rotatable bonds is 5. The van der Waals surface area contributed by atoms with Crippen molar-refractivity contribution < 1.29 is 18.7 Å². The molecule has 0 radical (unpaired) electrons. The number of hydrogen-bond acceptors (Lipinski definition) is 4. The van der Waals surface area contributed by atoms with Crippen LogP contribution in [0.5, 0.6) is 0 Å². The van der Waals surface area contributed by atoms with Crippen LogP contribution in [0.3, 0.4) is 0 Å². The topological polar surface area (TPSA) is 56.5 Å². The van der Waals surface area contributed by atoms with Gasteiger partial charge in [0.2, 0.25) is 0 Å². The van der Waals surface area contributed by atoms with E-state index in [4.69, 9.17) is 20.8 Å². The third-order valence-electron chi connectivity index (χ3n) is 3.78. The van der Waals surface area contributed by atoms with Crippen molar-refractivity contribution in [2.45, 2.75) is 20.3 Å². The number of halogens is 1. The molecule has 22 heavy (non-hydrogen) atoms. The second kappa shape index (κ2) is 5.76. The standard InChI is InChI=1S/C17H17ClO4/c1-9(2)8-22-17(20)13-7-12(13)15(19)11-5-10-3-4-21-16(10)14(18)6-11/h3-6,9,12-13H,7-8H2,1-2H3/t12-,13-/m0/s1. The Morgan fingerprint density at radius 2 is 2.14 bits per heavy atom. The molecule has 116 valence electrons. The van der Waals surface area contributed by atoms with Gasteiger partial charge in [0.15, 0.2) is 11.4 Å². The second-order valence-corrected chi connectivity index (χ2v) is 6.54. The van der Waals surface area contributed by atoms with Crippen molar-refractivity contribution in [3.8, 4) is 0 Å². The molecule has 4 nitrogen and oxygen atoms in total. The Hall–Kier alpha value is -1.81. The fourth-order valence-corrected chi connectivity index (χ4v) is 2.77. The number of carbonyl (C=O) groups excluding carboxylic acids is 2. The summed E-state index contributed by atoms with van der Waals surface area (Å²) in [5.41, 5.74) is 1.09. The average molecular weight is 321 g/mol. The summed E-state index contributed by atoms with van der Waals surface area (Å²) in [6.45, 7) is 4.35. The number of hydrogen-bond donors (Lipinski definition) is 0. The molecule has 1 aromatic carbocycles. The molecule has 0 amide bonds. The smallest absolute Gasteiger partial charge is 0.309 e. The molecule has 0 N–H and O–H groups in total. The van der Waals surface area contributed by atoms with E-state index < -0.39 is 0 Å². The molecular formula is C17H17ClO4. The molecule has 1 fully saturated rings. The summed E-state index contributed by atoms with van der Waals surface area (Å²) >= 11 is 6.12. The van der Waals surface area contributed by atoms with Gasteiger partial charge >= 0.3 is 5.97 Å². The van der Waals surface area contributed by atoms with Gasteiger partial charge < -0.3 is 9.15 Å². The predicted molar refractivity (Wildman–Crippen MR) is 82.9 cm³/mol. The molecule has 5 heteroatoms. The van der Waals surface area contributed by atoms with Crippen LogP contribution in [-0.4, -0.2) is 18.4 Å². The molecule has 0 unspecified atom stereocenters. The number of esters is 1. The van der Waals surface area contributed by atoms with Gasteiger partial charge in [0.25, 0.3) is 0 Å². The van der Waals surface area contributed by atoms with Crippen LogP contribution in [0.4, 0.5) is 0 Å². The summed E-state index contributed by atoms with van der Waals surface area (Å²) in [7, 11) is 0. The molecular weight excluding hydrogens is 304 g/mol. The molecule has 2 aromatic rings. The molecule has 1 heterocycles. The van der Waals surface area contributed by atoms with Crippen molar-refractivity contribution in [2.75, 3.05) is 6.61 Å². The van der Waals surface area contributed by atoms with Crippen molar-refractivity contribution in [3.63, 3.8) is 0 Å². The number of benzene rings is 1. The molecule has 1 saturated carbocycles. The van der Waals surface area contributed by atoms with E-state index >= 15 is 0 Å². The summed E-state index contributed by atoms with van der Waals surface area (Å²) in [5.74, 6) is -0.650. The van der Waals surface area contributed by atoms with Crippen molar-refractivity contribution in [3.05, 3.63) is 35.0 Å². The highest BCUT2D eigenvalue weighted by Gasteiger charge is 2.49. The number of carbonyl (C=O) groups is 2. The van der Waals surface area contributed by atoms with E-state index in [1.807, 2.05) is 13.8 Å². The lowest BCUT2D eigenvalue weighted by molar-refractivity contribution is -0.146. The number of ether oxygens (including phenoxy) is 1. The summed E-state index contributed by atoms with van der Waals surface area (Å²) in [5, 5.41) is 1.20. The van der Waals surface area contributed by atoms with Crippen LogP contribution in [-0.2, 0) is 9.53 Å². The third kappa shape index (κ3) is 2.88. The molecule has 3 rings (SSSR count). The predicted octanol–water partition coefficient (Wildman–Crippen LogP) is 4.10. The Kier molecular flexibility index (Phi) is 3.96. The van der Waals surface area contributed by atoms with E-state index in [9.17, 15) is 9.59 Å². The van der Waals surface area contributed by atoms with E-state index in [0.29, 0.717) is 35.1 Å². The average Bonchev–Trinajstić information content (AvgIpc) is 3.13. The Morgan fingerprint density at radius 3 is 2.86 bits per heavy atom. The molecule has 1 aromatic heterocycles. The lowest BCUT2D eigenvalue weighted by Gasteiger charge is -2.06. The van der Waals surface area contributed by atoms with E-state index in [-0.39, 0.29) is 23.6 Å². The number of ketones is 1. The van der Waals surface area contributed by atoms with Gasteiger partial charge in [0, 0.05) is 16.9 Å². The number of fused-ring (bicyclic) bond motifs is 1. The maximum atomic E-state index is 12.5. The van der Waals surface area contributed by atoms with Crippen LogP contribution < -0.4 is 0 Å². The minimum atomic E-state index is -0.315. The van der Waals surface area contributed by atoms with Gasteiger partial charge in [-0.25, -0.2) is 0 Å². The monoisotopic (exact) mass is 320 g/mol. The zero-order valence-corrected chi connectivity index (χ0v) is 13.2. The summed E-state index contributed by atoms with van der Waals surface area (Å²) in [6.07, 6.45) is 2.09. The highest BCUT2D eigenvalue weighted by Crippen LogP contribution is 2.42. The fourth-order valence-electron chi connectivity index (χ4n) is 2.50. The van der Waals surface area contributed by atoms with Gasteiger partial charge in [-0.2, -0.15) is 0 Å². The van der Waals surface area contributed by atoms with Crippen molar-refractivity contribution >= 4 is 34.3 Å². The summed E-state index contributed by atoms with van der Waals surface area (Å²) in [6, 6.07) is 5.12. The Balaban J connectivity index is 1.70. The van der Waals surface area contributed by atoms with Gasteiger partial charge in [0.05, 0.1) is 23.8 Å². The zero-order valence-electron chi connectivity index (χ0n) is 12.5. The molecule has 0 spiro atoms. The first-order valence-electron chi connectivity index (χ1n) is 7.35. The van der Waals surface area contributed by atoms with E-state index in [2.05, 4.69) is 0 Å². The highest BCUT2D eigenvalue weighted by atomic mass is 35.5. The quantitative estimate of drug-likeness (QED) is 0.614. The molecule has 1 aliphatic rings. The van der Waals surface area contributed by atoms with Crippen molar-refractivity contribution in [1.82, 2.24) is 0 Å². The molecule has 2 atom stereocenters. The van der Waals surface area contributed by atoms with Gasteiger partial charge in [-0.05, 0) is 30.5 Å². The lowest BCUT2D eigenvalue weighted by atomic mass is 10.0. The zero-order chi connectivity index (χ0) is 15.9. The maximum Gasteiger partial charge on any atom is 0.309 e. The van der Waals surface area contributed by atoms with Gasteiger partial charge in [-0.3, -0.25) is 9.59 Å². The molecule has 1 aliphatic carbocycles. The third-order valence-corrected chi connectivity index (χ3v) is 4.06. The Labute approximate surface area is 133 Å². The summed E-state index contributed by atoms with van der Waals surface area (Å²) in [4.78, 5) is 24.4. The maximum absolute atomic E-state index is 12.5. The van der Waals surface area contributed by atoms with Crippen LogP contribution in [0.25, 0.3) is 11.0 Å². The van der Waals surface area contributed by atoms with Crippen LogP contribution in [0.15, 0.2) is 28.9 Å². The Bertz CT molecular complexity index is 731. The van der Waals surface area contributed by atoms with Crippen molar-refractivity contribution in [1.29, 1.82) is 0 Å². The minimum absolute atomic E-state index is 0.0588. The molecule has 0 aliphatic heterocycles. The number of furan rings is 1.